The second-order valence-corrected chi connectivity index (χ2v) is 4.01. The van der Waals surface area contributed by atoms with Gasteiger partial charge in [0.2, 0.25) is 5.88 Å². The van der Waals surface area contributed by atoms with E-state index in [-0.39, 0.29) is 0 Å². The number of ether oxygens (including phenoxy) is 2. The zero-order valence-corrected chi connectivity index (χ0v) is 10.4. The fourth-order valence-electron chi connectivity index (χ4n) is 1.39. The minimum Gasteiger partial charge on any atom is -0.493 e. The molecular weight excluding hydrogens is 238 g/mol. The van der Waals surface area contributed by atoms with Gasteiger partial charge in [-0.25, -0.2) is 4.98 Å². The van der Waals surface area contributed by atoms with Crippen LogP contribution in [0, 0.1) is 6.92 Å². The van der Waals surface area contributed by atoms with E-state index in [1.54, 1.807) is 19.2 Å². The molecule has 3 nitrogen and oxygen atoms in total. The third-order valence-corrected chi connectivity index (χ3v) is 2.46. The Morgan fingerprint density at radius 1 is 1.12 bits per heavy atom. The lowest BCUT2D eigenvalue weighted by molar-refractivity contribution is 0.374. The molecule has 88 valence electrons. The minimum absolute atomic E-state index is 0.483. The first-order chi connectivity index (χ1) is 8.19. The van der Waals surface area contributed by atoms with Crippen LogP contribution in [0.4, 0.5) is 0 Å². The Hall–Kier alpha value is -1.74. The number of nitrogens with zero attached hydrogens (tertiary/aromatic N) is 1. The highest BCUT2D eigenvalue weighted by Crippen LogP contribution is 2.31. The summed E-state index contributed by atoms with van der Waals surface area (Å²) in [6.45, 7) is 1.99. The van der Waals surface area contributed by atoms with E-state index < -0.39 is 0 Å². The van der Waals surface area contributed by atoms with Gasteiger partial charge in [0.1, 0.15) is 0 Å². The number of pyridine rings is 1. The third-order valence-electron chi connectivity index (χ3n) is 2.23. The highest BCUT2D eigenvalue weighted by Gasteiger charge is 2.06. The molecule has 0 fully saturated rings. The number of aryl methyl sites for hydroxylation is 1. The predicted octanol–water partition coefficient (Wildman–Crippen LogP) is 3.84. The molecule has 0 amide bonds. The Bertz CT molecular complexity index is 511. The SMILES string of the molecule is COc1cc(C)ccc1Oc1ccc(Cl)cn1. The summed E-state index contributed by atoms with van der Waals surface area (Å²) in [6.07, 6.45) is 1.54. The number of halogens is 1. The van der Waals surface area contributed by atoms with E-state index in [1.165, 1.54) is 6.20 Å². The molecular formula is C13H12ClNO2. The lowest BCUT2D eigenvalue weighted by Gasteiger charge is -2.10. The van der Waals surface area contributed by atoms with Gasteiger partial charge in [0.15, 0.2) is 11.5 Å². The standard InChI is InChI=1S/C13H12ClNO2/c1-9-3-5-11(12(7-9)16-2)17-13-6-4-10(14)8-15-13/h3-8H,1-2H3. The molecule has 0 N–H and O–H groups in total. The molecule has 0 bridgehead atoms. The predicted molar refractivity (Wildman–Crippen MR) is 67.1 cm³/mol. The summed E-state index contributed by atoms with van der Waals surface area (Å²) in [5, 5.41) is 0.577. The molecule has 17 heavy (non-hydrogen) atoms. The lowest BCUT2D eigenvalue weighted by Crippen LogP contribution is -1.92. The smallest absolute Gasteiger partial charge is 0.219 e. The third kappa shape index (κ3) is 2.88. The molecule has 0 aliphatic rings. The highest BCUT2D eigenvalue weighted by molar-refractivity contribution is 6.30. The second kappa shape index (κ2) is 5.06. The molecule has 2 rings (SSSR count). The number of aromatic nitrogens is 1. The van der Waals surface area contributed by atoms with E-state index in [4.69, 9.17) is 21.1 Å². The van der Waals surface area contributed by atoms with Crippen LogP contribution in [0.15, 0.2) is 36.5 Å². The van der Waals surface area contributed by atoms with Gasteiger partial charge in [-0.1, -0.05) is 17.7 Å². The van der Waals surface area contributed by atoms with Crippen LogP contribution in [0.1, 0.15) is 5.56 Å². The molecule has 0 saturated carbocycles. The van der Waals surface area contributed by atoms with Crippen molar-refractivity contribution in [2.45, 2.75) is 6.92 Å². The summed E-state index contributed by atoms with van der Waals surface area (Å²) in [6, 6.07) is 9.15. The molecule has 0 radical (unpaired) electrons. The van der Waals surface area contributed by atoms with Gasteiger partial charge in [-0.2, -0.15) is 0 Å². The number of benzene rings is 1. The maximum atomic E-state index is 5.75. The van der Waals surface area contributed by atoms with E-state index >= 15 is 0 Å². The normalized spacial score (nSPS) is 10.1. The number of hydrogen-bond donors (Lipinski definition) is 0. The zero-order valence-electron chi connectivity index (χ0n) is 9.61. The van der Waals surface area contributed by atoms with Gasteiger partial charge in [0.25, 0.3) is 0 Å². The summed E-state index contributed by atoms with van der Waals surface area (Å²) in [5.74, 6) is 1.80. The monoisotopic (exact) mass is 249 g/mol. The van der Waals surface area contributed by atoms with Gasteiger partial charge in [0.05, 0.1) is 12.1 Å². The first-order valence-corrected chi connectivity index (χ1v) is 5.51. The Labute approximate surface area is 105 Å². The highest BCUT2D eigenvalue weighted by atomic mass is 35.5. The number of hydrogen-bond acceptors (Lipinski definition) is 3. The first kappa shape index (κ1) is 11.7. The molecule has 0 saturated heterocycles. The van der Waals surface area contributed by atoms with Crippen LogP contribution in [0.2, 0.25) is 5.02 Å². The summed E-state index contributed by atoms with van der Waals surface area (Å²) < 4.78 is 10.9. The van der Waals surface area contributed by atoms with Crippen molar-refractivity contribution in [1.82, 2.24) is 4.98 Å². The Morgan fingerprint density at radius 2 is 1.94 bits per heavy atom. The van der Waals surface area contributed by atoms with Gasteiger partial charge in [-0.3, -0.25) is 0 Å². The molecule has 1 heterocycles. The summed E-state index contributed by atoms with van der Waals surface area (Å²) >= 11 is 5.75. The summed E-state index contributed by atoms with van der Waals surface area (Å²) in [4.78, 5) is 4.06. The van der Waals surface area contributed by atoms with Crippen LogP contribution in [-0.2, 0) is 0 Å². The first-order valence-electron chi connectivity index (χ1n) is 5.13. The van der Waals surface area contributed by atoms with E-state index in [0.29, 0.717) is 22.4 Å². The van der Waals surface area contributed by atoms with Gasteiger partial charge in [-0.05, 0) is 30.7 Å². The molecule has 1 aromatic carbocycles. The average Bonchev–Trinajstić information content (AvgIpc) is 2.34. The van der Waals surface area contributed by atoms with Crippen LogP contribution >= 0.6 is 11.6 Å². The topological polar surface area (TPSA) is 31.4 Å². The molecule has 0 atom stereocenters. The van der Waals surface area contributed by atoms with E-state index in [2.05, 4.69) is 4.98 Å². The van der Waals surface area contributed by atoms with Gasteiger partial charge in [-0.15, -0.1) is 0 Å². The second-order valence-electron chi connectivity index (χ2n) is 3.57. The van der Waals surface area contributed by atoms with E-state index in [0.717, 1.165) is 5.56 Å². The van der Waals surface area contributed by atoms with Crippen molar-refractivity contribution >= 4 is 11.6 Å². The molecule has 0 spiro atoms. The minimum atomic E-state index is 0.483. The van der Waals surface area contributed by atoms with Crippen molar-refractivity contribution in [3.63, 3.8) is 0 Å². The lowest BCUT2D eigenvalue weighted by atomic mass is 10.2. The van der Waals surface area contributed by atoms with Gasteiger partial charge in [0, 0.05) is 12.3 Å². The zero-order chi connectivity index (χ0) is 12.3. The molecule has 0 unspecified atom stereocenters. The van der Waals surface area contributed by atoms with Crippen molar-refractivity contribution in [3.05, 3.63) is 47.1 Å². The van der Waals surface area contributed by atoms with Crippen molar-refractivity contribution in [1.29, 1.82) is 0 Å². The van der Waals surface area contributed by atoms with Crippen LogP contribution in [0.3, 0.4) is 0 Å². The van der Waals surface area contributed by atoms with Crippen molar-refractivity contribution in [3.8, 4) is 17.4 Å². The molecule has 0 aliphatic heterocycles. The summed E-state index contributed by atoms with van der Waals surface area (Å²) in [7, 11) is 1.61. The molecule has 1 aromatic heterocycles. The number of rotatable bonds is 3. The Balaban J connectivity index is 2.26. The fraction of sp³-hybridized carbons (Fsp3) is 0.154. The number of methoxy groups -OCH3 is 1. The van der Waals surface area contributed by atoms with Gasteiger partial charge >= 0.3 is 0 Å². The molecule has 2 aromatic rings. The quantitative estimate of drug-likeness (QED) is 0.828. The van der Waals surface area contributed by atoms with Crippen LogP contribution in [-0.4, -0.2) is 12.1 Å². The fourth-order valence-corrected chi connectivity index (χ4v) is 1.51. The molecule has 0 aliphatic carbocycles. The van der Waals surface area contributed by atoms with Crippen molar-refractivity contribution < 1.29 is 9.47 Å². The maximum absolute atomic E-state index is 5.75. The Kier molecular flexibility index (Phi) is 3.49. The maximum Gasteiger partial charge on any atom is 0.219 e. The van der Waals surface area contributed by atoms with Crippen molar-refractivity contribution in [2.75, 3.05) is 7.11 Å². The van der Waals surface area contributed by atoms with Crippen LogP contribution in [0.5, 0.6) is 17.4 Å². The Morgan fingerprint density at radius 3 is 2.59 bits per heavy atom. The van der Waals surface area contributed by atoms with Crippen LogP contribution < -0.4 is 9.47 Å². The van der Waals surface area contributed by atoms with Gasteiger partial charge < -0.3 is 9.47 Å². The summed E-state index contributed by atoms with van der Waals surface area (Å²) in [5.41, 5.74) is 1.11. The average molecular weight is 250 g/mol. The molecule has 4 heteroatoms. The van der Waals surface area contributed by atoms with Crippen LogP contribution in [0.25, 0.3) is 0 Å². The van der Waals surface area contributed by atoms with E-state index in [9.17, 15) is 0 Å². The largest absolute Gasteiger partial charge is 0.493 e. The van der Waals surface area contributed by atoms with E-state index in [1.807, 2.05) is 25.1 Å². The van der Waals surface area contributed by atoms with Crippen molar-refractivity contribution in [2.24, 2.45) is 0 Å².